The van der Waals surface area contributed by atoms with Crippen molar-refractivity contribution in [3.8, 4) is 0 Å². The molecule has 0 spiro atoms. The summed E-state index contributed by atoms with van der Waals surface area (Å²) in [5.74, 6) is 0.0223. The highest BCUT2D eigenvalue weighted by molar-refractivity contribution is 5.94. The Morgan fingerprint density at radius 3 is 2.68 bits per heavy atom. The number of hydrogen-bond acceptors (Lipinski definition) is 4. The molecule has 1 saturated heterocycles. The van der Waals surface area contributed by atoms with Crippen molar-refractivity contribution in [3.05, 3.63) is 29.6 Å². The molecule has 1 aromatic heterocycles. The number of halogens is 1. The van der Waals surface area contributed by atoms with Gasteiger partial charge in [0.25, 0.3) is 5.91 Å². The fourth-order valence-electron chi connectivity index (χ4n) is 2.25. The molecule has 2 N–H and O–H groups in total. The van der Waals surface area contributed by atoms with Gasteiger partial charge in [0, 0.05) is 31.4 Å². The van der Waals surface area contributed by atoms with Gasteiger partial charge in [-0.05, 0) is 26.0 Å². The first kappa shape index (κ1) is 15.9. The van der Waals surface area contributed by atoms with Crippen molar-refractivity contribution < 1.29 is 9.53 Å². The topological polar surface area (TPSA) is 68.5 Å². The van der Waals surface area contributed by atoms with Gasteiger partial charge in [0.15, 0.2) is 0 Å². The number of nitrogens with two attached hydrogens (primary N) is 1. The van der Waals surface area contributed by atoms with E-state index in [4.69, 9.17) is 10.5 Å². The van der Waals surface area contributed by atoms with Crippen LogP contribution in [0.4, 0.5) is 0 Å². The maximum atomic E-state index is 12.4. The van der Waals surface area contributed by atoms with Crippen molar-refractivity contribution in [3.63, 3.8) is 0 Å². The summed E-state index contributed by atoms with van der Waals surface area (Å²) in [6, 6.07) is 3.49. The van der Waals surface area contributed by atoms with E-state index in [1.807, 2.05) is 18.7 Å². The third-order valence-electron chi connectivity index (χ3n) is 2.98. The van der Waals surface area contributed by atoms with E-state index in [-0.39, 0.29) is 30.5 Å². The number of morpholine rings is 1. The van der Waals surface area contributed by atoms with Crippen molar-refractivity contribution in [2.45, 2.75) is 32.6 Å². The molecule has 2 rings (SSSR count). The fourth-order valence-corrected chi connectivity index (χ4v) is 2.25. The predicted molar refractivity (Wildman–Crippen MR) is 75.3 cm³/mol. The zero-order valence-corrected chi connectivity index (χ0v) is 12.0. The van der Waals surface area contributed by atoms with Crippen LogP contribution in [0.3, 0.4) is 0 Å². The summed E-state index contributed by atoms with van der Waals surface area (Å²) in [6.07, 6.45) is 1.78. The van der Waals surface area contributed by atoms with Gasteiger partial charge in [-0.2, -0.15) is 0 Å². The van der Waals surface area contributed by atoms with Gasteiger partial charge in [0.2, 0.25) is 0 Å². The monoisotopic (exact) mass is 285 g/mol. The van der Waals surface area contributed by atoms with Crippen LogP contribution in [0.15, 0.2) is 18.3 Å². The fraction of sp³-hybridized carbons (Fsp3) is 0.538. The van der Waals surface area contributed by atoms with Gasteiger partial charge >= 0.3 is 0 Å². The molecule has 0 bridgehead atoms. The van der Waals surface area contributed by atoms with Gasteiger partial charge in [-0.1, -0.05) is 0 Å². The third kappa shape index (κ3) is 3.89. The molecule has 1 fully saturated rings. The van der Waals surface area contributed by atoms with Crippen molar-refractivity contribution in [1.82, 2.24) is 9.88 Å². The van der Waals surface area contributed by atoms with Gasteiger partial charge in [0.1, 0.15) is 0 Å². The molecule has 0 aliphatic carbocycles. The standard InChI is InChI=1S/C13H19N3O2.ClH/c1-9-7-16(8-10(2)18-9)13(17)11-3-4-15-12(5-11)6-14;/h3-5,9-10H,6-8,14H2,1-2H3;1H. The quantitative estimate of drug-likeness (QED) is 0.887. The SMILES string of the molecule is CC1CN(C(=O)c2ccnc(CN)c2)CC(C)O1.Cl. The zero-order chi connectivity index (χ0) is 13.1. The van der Waals surface area contributed by atoms with Crippen LogP contribution in [0.2, 0.25) is 0 Å². The van der Waals surface area contributed by atoms with Crippen LogP contribution in [-0.2, 0) is 11.3 Å². The molecular weight excluding hydrogens is 266 g/mol. The average Bonchev–Trinajstić information content (AvgIpc) is 2.37. The van der Waals surface area contributed by atoms with Crippen LogP contribution in [-0.4, -0.2) is 41.1 Å². The molecule has 1 amide bonds. The first-order valence-electron chi connectivity index (χ1n) is 6.20. The first-order chi connectivity index (χ1) is 8.60. The van der Waals surface area contributed by atoms with Gasteiger partial charge in [-0.25, -0.2) is 0 Å². The molecule has 0 saturated carbocycles. The third-order valence-corrected chi connectivity index (χ3v) is 2.98. The summed E-state index contributed by atoms with van der Waals surface area (Å²) >= 11 is 0. The largest absolute Gasteiger partial charge is 0.372 e. The summed E-state index contributed by atoms with van der Waals surface area (Å²) in [6.45, 7) is 5.56. The molecular formula is C13H20ClN3O2. The van der Waals surface area contributed by atoms with Crippen LogP contribution >= 0.6 is 12.4 Å². The van der Waals surface area contributed by atoms with E-state index in [9.17, 15) is 4.79 Å². The lowest BCUT2D eigenvalue weighted by atomic mass is 10.1. The Morgan fingerprint density at radius 1 is 1.47 bits per heavy atom. The maximum absolute atomic E-state index is 12.4. The highest BCUT2D eigenvalue weighted by Crippen LogP contribution is 2.14. The van der Waals surface area contributed by atoms with Crippen LogP contribution in [0.25, 0.3) is 0 Å². The molecule has 0 radical (unpaired) electrons. The lowest BCUT2D eigenvalue weighted by Gasteiger charge is -2.35. The summed E-state index contributed by atoms with van der Waals surface area (Å²) in [5, 5.41) is 0. The molecule has 1 aliphatic heterocycles. The smallest absolute Gasteiger partial charge is 0.254 e. The van der Waals surface area contributed by atoms with E-state index in [2.05, 4.69) is 4.98 Å². The number of nitrogens with zero attached hydrogens (tertiary/aromatic N) is 2. The number of rotatable bonds is 2. The van der Waals surface area contributed by atoms with Gasteiger partial charge in [-0.15, -0.1) is 12.4 Å². The summed E-state index contributed by atoms with van der Waals surface area (Å²) in [7, 11) is 0. The molecule has 0 aromatic carbocycles. The van der Waals surface area contributed by atoms with Crippen molar-refractivity contribution in [2.75, 3.05) is 13.1 Å². The van der Waals surface area contributed by atoms with Crippen molar-refractivity contribution in [2.24, 2.45) is 5.73 Å². The van der Waals surface area contributed by atoms with E-state index in [1.165, 1.54) is 0 Å². The Morgan fingerprint density at radius 2 is 2.11 bits per heavy atom. The number of aromatic nitrogens is 1. The van der Waals surface area contributed by atoms with E-state index in [1.54, 1.807) is 18.3 Å². The predicted octanol–water partition coefficient (Wildman–Crippen LogP) is 1.21. The highest BCUT2D eigenvalue weighted by Gasteiger charge is 2.26. The number of carbonyl (C=O) groups excluding carboxylic acids is 1. The van der Waals surface area contributed by atoms with E-state index >= 15 is 0 Å². The van der Waals surface area contributed by atoms with Crippen LogP contribution in [0.5, 0.6) is 0 Å². The second kappa shape index (κ2) is 6.84. The lowest BCUT2D eigenvalue weighted by Crippen LogP contribution is -2.48. The van der Waals surface area contributed by atoms with Crippen LogP contribution in [0.1, 0.15) is 29.9 Å². The number of amides is 1. The number of hydrogen-bond donors (Lipinski definition) is 1. The second-order valence-corrected chi connectivity index (χ2v) is 4.71. The molecule has 2 atom stereocenters. The van der Waals surface area contributed by atoms with Crippen molar-refractivity contribution >= 4 is 18.3 Å². The minimum Gasteiger partial charge on any atom is -0.372 e. The molecule has 19 heavy (non-hydrogen) atoms. The summed E-state index contributed by atoms with van der Waals surface area (Å²) in [5.41, 5.74) is 6.91. The highest BCUT2D eigenvalue weighted by atomic mass is 35.5. The average molecular weight is 286 g/mol. The first-order valence-corrected chi connectivity index (χ1v) is 6.20. The van der Waals surface area contributed by atoms with Crippen LogP contribution < -0.4 is 5.73 Å². The van der Waals surface area contributed by atoms with E-state index in [0.717, 1.165) is 5.69 Å². The zero-order valence-electron chi connectivity index (χ0n) is 11.2. The Kier molecular flexibility index (Phi) is 5.72. The summed E-state index contributed by atoms with van der Waals surface area (Å²) in [4.78, 5) is 18.3. The molecule has 1 aliphatic rings. The Labute approximate surface area is 119 Å². The normalized spacial score (nSPS) is 22.8. The lowest BCUT2D eigenvalue weighted by molar-refractivity contribution is -0.0586. The van der Waals surface area contributed by atoms with Crippen molar-refractivity contribution in [1.29, 1.82) is 0 Å². The minimum absolute atomic E-state index is 0. The molecule has 5 nitrogen and oxygen atoms in total. The van der Waals surface area contributed by atoms with Gasteiger partial charge in [-0.3, -0.25) is 9.78 Å². The second-order valence-electron chi connectivity index (χ2n) is 4.71. The van der Waals surface area contributed by atoms with Gasteiger partial charge < -0.3 is 15.4 Å². The number of carbonyl (C=O) groups is 1. The molecule has 2 unspecified atom stereocenters. The van der Waals surface area contributed by atoms with E-state index < -0.39 is 0 Å². The number of pyridine rings is 1. The maximum Gasteiger partial charge on any atom is 0.254 e. The molecule has 2 heterocycles. The molecule has 1 aromatic rings. The summed E-state index contributed by atoms with van der Waals surface area (Å²) < 4.78 is 5.62. The molecule has 6 heteroatoms. The van der Waals surface area contributed by atoms with Gasteiger partial charge in [0.05, 0.1) is 17.9 Å². The molecule has 106 valence electrons. The minimum atomic E-state index is 0. The number of ether oxygens (including phenoxy) is 1. The Bertz CT molecular complexity index is 432. The Hall–Kier alpha value is -1.17. The van der Waals surface area contributed by atoms with E-state index in [0.29, 0.717) is 25.2 Å². The van der Waals surface area contributed by atoms with Crippen LogP contribution in [0, 0.1) is 0 Å². The Balaban J connectivity index is 0.00000180.